The number of esters is 1. The maximum absolute atomic E-state index is 11.8. The maximum atomic E-state index is 11.8. The van der Waals surface area contributed by atoms with Crippen LogP contribution < -0.4 is 4.72 Å². The number of hydrogen-bond acceptors (Lipinski definition) is 7. The predicted molar refractivity (Wildman–Crippen MR) is 81.5 cm³/mol. The van der Waals surface area contributed by atoms with Gasteiger partial charge in [-0.2, -0.15) is 4.72 Å². The molecule has 9 nitrogen and oxygen atoms in total. The summed E-state index contributed by atoms with van der Waals surface area (Å²) in [5.41, 5.74) is 0.198. The average molecular weight is 361 g/mol. The molecule has 134 valence electrons. The van der Waals surface area contributed by atoms with Crippen LogP contribution in [0.4, 0.5) is 0 Å². The van der Waals surface area contributed by atoms with E-state index in [1.54, 1.807) is 6.92 Å². The highest BCUT2D eigenvalue weighted by molar-refractivity contribution is 7.89. The Morgan fingerprint density at radius 1 is 1.21 bits per heavy atom. The molecule has 0 radical (unpaired) electrons. The highest BCUT2D eigenvalue weighted by Crippen LogP contribution is 2.21. The number of nitrogens with one attached hydrogen (secondary N) is 1. The maximum Gasteiger partial charge on any atom is 0.318 e. The fourth-order valence-corrected chi connectivity index (χ4v) is 2.78. The van der Waals surface area contributed by atoms with E-state index in [4.69, 9.17) is 5.11 Å². The van der Waals surface area contributed by atoms with Gasteiger partial charge < -0.3 is 20.1 Å². The Hall–Kier alpha value is -2.01. The van der Waals surface area contributed by atoms with Crippen LogP contribution in [0.1, 0.15) is 25.0 Å². The Morgan fingerprint density at radius 3 is 2.29 bits per heavy atom. The van der Waals surface area contributed by atoms with E-state index in [0.717, 1.165) is 12.1 Å². The van der Waals surface area contributed by atoms with Crippen molar-refractivity contribution in [3.05, 3.63) is 29.8 Å². The lowest BCUT2D eigenvalue weighted by Crippen LogP contribution is -2.29. The molecule has 10 heteroatoms. The Bertz CT molecular complexity index is 671. The molecular weight excluding hydrogens is 342 g/mol. The molecule has 0 amide bonds. The first-order chi connectivity index (χ1) is 11.2. The van der Waals surface area contributed by atoms with Gasteiger partial charge in [0, 0.05) is 0 Å². The number of aliphatic hydroxyl groups excluding tert-OH is 2. The van der Waals surface area contributed by atoms with Crippen molar-refractivity contribution in [1.82, 2.24) is 4.72 Å². The summed E-state index contributed by atoms with van der Waals surface area (Å²) in [4.78, 5) is 21.5. The van der Waals surface area contributed by atoms with E-state index in [0.29, 0.717) is 0 Å². The topological polar surface area (TPSA) is 150 Å². The molecule has 2 atom stereocenters. The average Bonchev–Trinajstić information content (AvgIpc) is 2.52. The van der Waals surface area contributed by atoms with Gasteiger partial charge in [-0.3, -0.25) is 9.59 Å². The van der Waals surface area contributed by atoms with E-state index in [9.17, 15) is 28.2 Å². The predicted octanol–water partition coefficient (Wildman–Crippen LogP) is -0.603. The molecule has 2 unspecified atom stereocenters. The van der Waals surface area contributed by atoms with Crippen molar-refractivity contribution in [2.24, 2.45) is 0 Å². The van der Waals surface area contributed by atoms with Gasteiger partial charge >= 0.3 is 11.9 Å². The molecule has 24 heavy (non-hydrogen) atoms. The summed E-state index contributed by atoms with van der Waals surface area (Å²) in [6, 6.07) is 4.82. The van der Waals surface area contributed by atoms with Gasteiger partial charge in [-0.15, -0.1) is 0 Å². The van der Waals surface area contributed by atoms with Crippen LogP contribution in [0.5, 0.6) is 0 Å². The fourth-order valence-electron chi connectivity index (χ4n) is 1.81. The quantitative estimate of drug-likeness (QED) is 0.426. The lowest BCUT2D eigenvalue weighted by molar-refractivity contribution is -0.147. The first-order valence-electron chi connectivity index (χ1n) is 7.00. The van der Waals surface area contributed by atoms with Gasteiger partial charge in [-0.25, -0.2) is 8.42 Å². The van der Waals surface area contributed by atoms with Crippen molar-refractivity contribution in [3.63, 3.8) is 0 Å². The van der Waals surface area contributed by atoms with Crippen molar-refractivity contribution < 1.29 is 38.1 Å². The smallest absolute Gasteiger partial charge is 0.318 e. The van der Waals surface area contributed by atoms with Crippen molar-refractivity contribution in [2.45, 2.75) is 30.4 Å². The van der Waals surface area contributed by atoms with Gasteiger partial charge in [-0.1, -0.05) is 12.1 Å². The normalized spacial score (nSPS) is 14.0. The van der Waals surface area contributed by atoms with E-state index in [-0.39, 0.29) is 17.1 Å². The number of carbonyl (C=O) groups is 2. The zero-order valence-electron chi connectivity index (χ0n) is 12.9. The van der Waals surface area contributed by atoms with Gasteiger partial charge in [0.05, 0.1) is 24.0 Å². The fraction of sp³-hybridized carbons (Fsp3) is 0.429. The van der Waals surface area contributed by atoms with Crippen LogP contribution in [0, 0.1) is 0 Å². The molecule has 0 aromatic heterocycles. The molecule has 0 bridgehead atoms. The van der Waals surface area contributed by atoms with Crippen LogP contribution in [0.2, 0.25) is 0 Å². The molecule has 0 aliphatic heterocycles. The number of aliphatic carboxylic acids is 1. The van der Waals surface area contributed by atoms with E-state index in [2.05, 4.69) is 4.74 Å². The minimum absolute atomic E-state index is 0.150. The first kappa shape index (κ1) is 20.0. The summed E-state index contributed by atoms with van der Waals surface area (Å²) in [7, 11) is -3.99. The molecule has 1 aromatic rings. The van der Waals surface area contributed by atoms with Gasteiger partial charge in [0.15, 0.2) is 0 Å². The van der Waals surface area contributed by atoms with Crippen LogP contribution in [0.3, 0.4) is 0 Å². The third kappa shape index (κ3) is 5.89. The lowest BCUT2D eigenvalue weighted by atomic mass is 10.0. The summed E-state index contributed by atoms with van der Waals surface area (Å²) >= 11 is 0. The van der Waals surface area contributed by atoms with E-state index in [1.165, 1.54) is 12.1 Å². The summed E-state index contributed by atoms with van der Waals surface area (Å²) in [6.45, 7) is 1.00. The largest absolute Gasteiger partial charge is 0.480 e. The van der Waals surface area contributed by atoms with Gasteiger partial charge in [0.2, 0.25) is 10.0 Å². The second kappa shape index (κ2) is 8.73. The van der Waals surface area contributed by atoms with Crippen LogP contribution in [0.25, 0.3) is 0 Å². The Balaban J connectivity index is 2.79. The Morgan fingerprint density at radius 2 is 1.79 bits per heavy atom. The standard InChI is InChI=1S/C14H19NO8S/c1-2-23-13(19)7-11(16)14(20)9-3-5-10(6-4-9)24(21,22)15-8-12(17)18/h3-6,11,14-16,20H,2,7-8H2,1H3,(H,17,18). The molecule has 0 aliphatic rings. The second-order valence-electron chi connectivity index (χ2n) is 4.81. The van der Waals surface area contributed by atoms with Gasteiger partial charge in [0.1, 0.15) is 12.6 Å². The molecule has 4 N–H and O–H groups in total. The third-order valence-electron chi connectivity index (χ3n) is 2.99. The number of sulfonamides is 1. The highest BCUT2D eigenvalue weighted by Gasteiger charge is 2.23. The van der Waals surface area contributed by atoms with E-state index in [1.807, 2.05) is 4.72 Å². The van der Waals surface area contributed by atoms with Crippen molar-refractivity contribution >= 4 is 22.0 Å². The number of carboxylic acid groups (broad SMARTS) is 1. The van der Waals surface area contributed by atoms with E-state index >= 15 is 0 Å². The summed E-state index contributed by atoms with van der Waals surface area (Å²) in [6.07, 6.45) is -3.22. The van der Waals surface area contributed by atoms with Crippen molar-refractivity contribution in [2.75, 3.05) is 13.2 Å². The minimum atomic E-state index is -3.99. The molecule has 1 rings (SSSR count). The van der Waals surface area contributed by atoms with Crippen molar-refractivity contribution in [3.8, 4) is 0 Å². The molecule has 0 spiro atoms. The van der Waals surface area contributed by atoms with Gasteiger partial charge in [0.25, 0.3) is 0 Å². The number of aliphatic hydroxyl groups is 2. The summed E-state index contributed by atoms with van der Waals surface area (Å²) in [5, 5.41) is 28.3. The third-order valence-corrected chi connectivity index (χ3v) is 4.41. The molecule has 1 aromatic carbocycles. The first-order valence-corrected chi connectivity index (χ1v) is 8.49. The molecule has 0 heterocycles. The number of benzene rings is 1. The number of carboxylic acids is 1. The SMILES string of the molecule is CCOC(=O)CC(O)C(O)c1ccc(S(=O)(=O)NCC(=O)O)cc1. The highest BCUT2D eigenvalue weighted by atomic mass is 32.2. The summed E-state index contributed by atoms with van der Waals surface area (Å²) in [5.74, 6) is -1.99. The molecular formula is C14H19NO8S. The molecule has 0 saturated heterocycles. The molecule has 0 aliphatic carbocycles. The van der Waals surface area contributed by atoms with Crippen LogP contribution in [-0.4, -0.2) is 54.9 Å². The van der Waals surface area contributed by atoms with E-state index < -0.39 is 47.1 Å². The second-order valence-corrected chi connectivity index (χ2v) is 6.58. The zero-order valence-corrected chi connectivity index (χ0v) is 13.7. The summed E-state index contributed by atoms with van der Waals surface area (Å²) < 4.78 is 30.2. The zero-order chi connectivity index (χ0) is 18.3. The molecule has 0 saturated carbocycles. The minimum Gasteiger partial charge on any atom is -0.480 e. The number of rotatable bonds is 9. The van der Waals surface area contributed by atoms with Gasteiger partial charge in [-0.05, 0) is 24.6 Å². The number of hydrogen-bond donors (Lipinski definition) is 4. The van der Waals surface area contributed by atoms with Crippen molar-refractivity contribution in [1.29, 1.82) is 0 Å². The number of ether oxygens (including phenoxy) is 1. The monoisotopic (exact) mass is 361 g/mol. The number of carbonyl (C=O) groups excluding carboxylic acids is 1. The van der Waals surface area contributed by atoms with Crippen LogP contribution in [-0.2, 0) is 24.3 Å². The Kier molecular flexibility index (Phi) is 7.29. The molecule has 0 fully saturated rings. The lowest BCUT2D eigenvalue weighted by Gasteiger charge is -2.17. The van der Waals surface area contributed by atoms with Crippen LogP contribution in [0.15, 0.2) is 29.2 Å². The van der Waals surface area contributed by atoms with Crippen LogP contribution >= 0.6 is 0 Å². The Labute approximate surface area is 138 Å².